The quantitative estimate of drug-likeness (QED) is 0.803. The summed E-state index contributed by atoms with van der Waals surface area (Å²) in [6, 6.07) is 7.75. The summed E-state index contributed by atoms with van der Waals surface area (Å²) in [4.78, 5) is 17.4. The van der Waals surface area contributed by atoms with E-state index in [9.17, 15) is 4.79 Å². The zero-order chi connectivity index (χ0) is 17.1. The van der Waals surface area contributed by atoms with Gasteiger partial charge in [-0.25, -0.2) is 0 Å². The first-order valence-electron chi connectivity index (χ1n) is 8.90. The van der Waals surface area contributed by atoms with Crippen LogP contribution in [-0.4, -0.2) is 56.3 Å². The highest BCUT2D eigenvalue weighted by molar-refractivity contribution is 5.99. The van der Waals surface area contributed by atoms with E-state index in [0.29, 0.717) is 19.1 Å². The fourth-order valence-corrected chi connectivity index (χ4v) is 3.55. The van der Waals surface area contributed by atoms with Gasteiger partial charge in [-0.05, 0) is 31.0 Å². The van der Waals surface area contributed by atoms with Gasteiger partial charge >= 0.3 is 0 Å². The predicted octanol–water partition coefficient (Wildman–Crippen LogP) is 2.55. The standard InChI is InChI=1S/C19H28N2O3/c1-14(2)8-9-20-13-15-12-17(20)19(22)21(10-11-23-3)16-6-4-5-7-18(16)24-15/h4-7,14-15,17H,8-13H2,1-3H3/t15-,17-/m0/s1. The third-order valence-corrected chi connectivity index (χ3v) is 4.88. The molecular weight excluding hydrogens is 304 g/mol. The number of carbonyl (C=O) groups excluding carboxylic acids is 1. The molecule has 132 valence electrons. The molecule has 2 aliphatic heterocycles. The second-order valence-electron chi connectivity index (χ2n) is 7.12. The van der Waals surface area contributed by atoms with Crippen molar-refractivity contribution in [1.29, 1.82) is 0 Å². The van der Waals surface area contributed by atoms with Gasteiger partial charge in [-0.2, -0.15) is 0 Å². The van der Waals surface area contributed by atoms with Gasteiger partial charge in [0.2, 0.25) is 5.91 Å². The first kappa shape index (κ1) is 17.2. The number of rotatable bonds is 6. The number of anilines is 1. The molecule has 1 aromatic carbocycles. The van der Waals surface area contributed by atoms with Gasteiger partial charge in [-0.3, -0.25) is 9.69 Å². The lowest BCUT2D eigenvalue weighted by molar-refractivity contribution is -0.123. The maximum Gasteiger partial charge on any atom is 0.244 e. The topological polar surface area (TPSA) is 42.0 Å². The highest BCUT2D eigenvalue weighted by atomic mass is 16.5. The average molecular weight is 332 g/mol. The molecule has 0 radical (unpaired) electrons. The number of carbonyl (C=O) groups is 1. The Balaban J connectivity index is 1.87. The zero-order valence-electron chi connectivity index (χ0n) is 14.9. The largest absolute Gasteiger partial charge is 0.487 e. The van der Waals surface area contributed by atoms with Crippen LogP contribution in [0, 0.1) is 5.92 Å². The van der Waals surface area contributed by atoms with E-state index in [1.54, 1.807) is 7.11 Å². The summed E-state index contributed by atoms with van der Waals surface area (Å²) >= 11 is 0. The maximum absolute atomic E-state index is 13.3. The number of para-hydroxylation sites is 2. The van der Waals surface area contributed by atoms with Crippen molar-refractivity contribution in [3.63, 3.8) is 0 Å². The molecule has 5 nitrogen and oxygen atoms in total. The monoisotopic (exact) mass is 332 g/mol. The van der Waals surface area contributed by atoms with E-state index < -0.39 is 0 Å². The molecule has 1 amide bonds. The van der Waals surface area contributed by atoms with E-state index in [2.05, 4.69) is 18.7 Å². The van der Waals surface area contributed by atoms with Crippen molar-refractivity contribution in [2.75, 3.05) is 38.3 Å². The molecule has 0 spiro atoms. The molecule has 3 rings (SSSR count). The summed E-state index contributed by atoms with van der Waals surface area (Å²) in [5.41, 5.74) is 0.861. The Morgan fingerprint density at radius 3 is 2.83 bits per heavy atom. The molecule has 5 heteroatoms. The summed E-state index contributed by atoms with van der Waals surface area (Å²) < 4.78 is 11.5. The lowest BCUT2D eigenvalue weighted by Crippen LogP contribution is -2.47. The van der Waals surface area contributed by atoms with Gasteiger partial charge in [0.15, 0.2) is 0 Å². The Bertz CT molecular complexity index is 575. The zero-order valence-corrected chi connectivity index (χ0v) is 14.9. The molecule has 0 unspecified atom stereocenters. The molecule has 2 heterocycles. The summed E-state index contributed by atoms with van der Waals surface area (Å²) in [5, 5.41) is 0. The van der Waals surface area contributed by atoms with Gasteiger partial charge in [0.05, 0.1) is 18.3 Å². The van der Waals surface area contributed by atoms with Gasteiger partial charge < -0.3 is 14.4 Å². The first-order chi connectivity index (χ1) is 11.6. The molecule has 0 aromatic heterocycles. The number of ether oxygens (including phenoxy) is 2. The Morgan fingerprint density at radius 2 is 2.08 bits per heavy atom. The van der Waals surface area contributed by atoms with Crippen LogP contribution >= 0.6 is 0 Å². The summed E-state index contributed by atoms with van der Waals surface area (Å²) in [7, 11) is 1.66. The van der Waals surface area contributed by atoms with Crippen molar-refractivity contribution < 1.29 is 14.3 Å². The lowest BCUT2D eigenvalue weighted by Gasteiger charge is -2.31. The predicted molar refractivity (Wildman–Crippen MR) is 94.5 cm³/mol. The minimum atomic E-state index is -0.0843. The van der Waals surface area contributed by atoms with Crippen LogP contribution in [0.3, 0.4) is 0 Å². The van der Waals surface area contributed by atoms with Crippen LogP contribution in [0.2, 0.25) is 0 Å². The van der Waals surface area contributed by atoms with Crippen LogP contribution in [0.4, 0.5) is 5.69 Å². The highest BCUT2D eigenvalue weighted by Gasteiger charge is 2.42. The van der Waals surface area contributed by atoms with E-state index in [1.165, 1.54) is 0 Å². The van der Waals surface area contributed by atoms with E-state index >= 15 is 0 Å². The molecule has 2 aliphatic rings. The summed E-state index contributed by atoms with van der Waals surface area (Å²) in [6.45, 7) is 7.29. The number of fused-ring (bicyclic) bond motifs is 3. The molecule has 2 bridgehead atoms. The van der Waals surface area contributed by atoms with Crippen molar-refractivity contribution in [1.82, 2.24) is 4.90 Å². The fraction of sp³-hybridized carbons (Fsp3) is 0.632. The van der Waals surface area contributed by atoms with Crippen LogP contribution in [0.25, 0.3) is 0 Å². The summed E-state index contributed by atoms with van der Waals surface area (Å²) in [6.07, 6.45) is 1.97. The third kappa shape index (κ3) is 3.57. The van der Waals surface area contributed by atoms with Crippen molar-refractivity contribution in [2.45, 2.75) is 38.8 Å². The van der Waals surface area contributed by atoms with Crippen molar-refractivity contribution in [3.8, 4) is 5.75 Å². The van der Waals surface area contributed by atoms with Gasteiger partial charge in [-0.1, -0.05) is 26.0 Å². The highest BCUT2D eigenvalue weighted by Crippen LogP contribution is 2.36. The molecular formula is C19H28N2O3. The Kier molecular flexibility index (Phi) is 5.41. The van der Waals surface area contributed by atoms with Crippen LogP contribution in [0.1, 0.15) is 26.7 Å². The summed E-state index contributed by atoms with van der Waals surface area (Å²) in [5.74, 6) is 1.61. The molecule has 2 atom stereocenters. The third-order valence-electron chi connectivity index (χ3n) is 4.88. The molecule has 0 saturated carbocycles. The number of nitrogens with zero attached hydrogens (tertiary/aromatic N) is 2. The van der Waals surface area contributed by atoms with Crippen molar-refractivity contribution in [3.05, 3.63) is 24.3 Å². The van der Waals surface area contributed by atoms with Crippen molar-refractivity contribution in [2.24, 2.45) is 5.92 Å². The smallest absolute Gasteiger partial charge is 0.244 e. The van der Waals surface area contributed by atoms with Gasteiger partial charge in [0.25, 0.3) is 0 Å². The van der Waals surface area contributed by atoms with Gasteiger partial charge in [0, 0.05) is 26.6 Å². The van der Waals surface area contributed by atoms with Crippen LogP contribution in [0.5, 0.6) is 5.75 Å². The Morgan fingerprint density at radius 1 is 1.29 bits per heavy atom. The normalized spacial score (nSPS) is 23.8. The van der Waals surface area contributed by atoms with Gasteiger partial charge in [0.1, 0.15) is 11.9 Å². The number of likely N-dealkylation sites (tertiary alicyclic amines) is 1. The number of methoxy groups -OCH3 is 1. The second kappa shape index (κ2) is 7.53. The van der Waals surface area contributed by atoms with Crippen LogP contribution in [0.15, 0.2) is 24.3 Å². The number of amides is 1. The Hall–Kier alpha value is -1.59. The molecule has 1 aromatic rings. The van der Waals surface area contributed by atoms with E-state index in [1.807, 2.05) is 29.2 Å². The van der Waals surface area contributed by atoms with E-state index in [-0.39, 0.29) is 18.1 Å². The number of hydrogen-bond donors (Lipinski definition) is 0. The molecule has 0 N–H and O–H groups in total. The van der Waals surface area contributed by atoms with E-state index in [4.69, 9.17) is 9.47 Å². The molecule has 1 saturated heterocycles. The fourth-order valence-electron chi connectivity index (χ4n) is 3.55. The van der Waals surface area contributed by atoms with Crippen LogP contribution in [-0.2, 0) is 9.53 Å². The minimum absolute atomic E-state index is 0.0843. The number of benzene rings is 1. The second-order valence-corrected chi connectivity index (χ2v) is 7.12. The maximum atomic E-state index is 13.3. The molecule has 1 fully saturated rings. The lowest BCUT2D eigenvalue weighted by atomic mass is 10.1. The number of hydrogen-bond acceptors (Lipinski definition) is 4. The Labute approximate surface area is 144 Å². The minimum Gasteiger partial charge on any atom is -0.487 e. The SMILES string of the molecule is COCCN1C(=O)[C@@H]2C[C@@H](CN2CCC(C)C)Oc2ccccc21. The van der Waals surface area contributed by atoms with Crippen LogP contribution < -0.4 is 9.64 Å². The molecule has 24 heavy (non-hydrogen) atoms. The first-order valence-corrected chi connectivity index (χ1v) is 8.90. The van der Waals surface area contributed by atoms with Gasteiger partial charge in [-0.15, -0.1) is 0 Å². The average Bonchev–Trinajstić information content (AvgIpc) is 2.97. The van der Waals surface area contributed by atoms with E-state index in [0.717, 1.165) is 37.4 Å². The molecule has 0 aliphatic carbocycles. The van der Waals surface area contributed by atoms with Crippen molar-refractivity contribution >= 4 is 11.6 Å².